The third-order valence-electron chi connectivity index (χ3n) is 1.50. The quantitative estimate of drug-likeness (QED) is 0.256. The molecule has 0 saturated carbocycles. The predicted molar refractivity (Wildman–Crippen MR) is 43.0 cm³/mol. The second kappa shape index (κ2) is 3.97. The van der Waals surface area contributed by atoms with Crippen LogP contribution in [0.5, 0.6) is 0 Å². The molecule has 0 aromatic heterocycles. The van der Waals surface area contributed by atoms with Crippen molar-refractivity contribution in [2.24, 2.45) is 0 Å². The van der Waals surface area contributed by atoms with Gasteiger partial charge in [0.15, 0.2) is 5.91 Å². The Balaban J connectivity index is 3.82. The van der Waals surface area contributed by atoms with Crippen molar-refractivity contribution in [2.45, 2.75) is 5.91 Å². The lowest BCUT2D eigenvalue weighted by Crippen LogP contribution is -2.71. The zero-order valence-electron chi connectivity index (χ0n) is 6.50. The van der Waals surface area contributed by atoms with Crippen LogP contribution in [-0.4, -0.2) is 37.5 Å². The van der Waals surface area contributed by atoms with E-state index in [1.165, 1.54) is 0 Å². The van der Waals surface area contributed by atoms with Crippen LogP contribution in [0.3, 0.4) is 0 Å². The minimum atomic E-state index is -0.272. The summed E-state index contributed by atoms with van der Waals surface area (Å²) < 4.78 is 0. The minimum absolute atomic E-state index is 0.272. The second-order valence-corrected chi connectivity index (χ2v) is 2.25. The average molecular weight is 148 g/mol. The Hall–Kier alpha value is 0.0569. The molecule has 0 unspecified atom stereocenters. The topological polar surface area (TPSA) is 48.1 Å². The van der Waals surface area contributed by atoms with Gasteiger partial charge in [-0.15, -0.1) is 0 Å². The first-order valence-electron chi connectivity index (χ1n) is 3.00. The van der Waals surface area contributed by atoms with Gasteiger partial charge in [0, 0.05) is 0 Å². The summed E-state index contributed by atoms with van der Waals surface area (Å²) in [7, 11) is 6.60. The predicted octanol–water partition coefficient (Wildman–Crippen LogP) is -2.87. The van der Waals surface area contributed by atoms with Gasteiger partial charge in [-0.25, -0.2) is 0 Å². The summed E-state index contributed by atoms with van der Waals surface area (Å²) >= 11 is 0. The van der Waals surface area contributed by atoms with Crippen LogP contribution in [0.1, 0.15) is 0 Å². The summed E-state index contributed by atoms with van der Waals surface area (Å²) in [5, 5.41) is 9.20. The van der Waals surface area contributed by atoms with Crippen LogP contribution in [0.4, 0.5) is 0 Å². The van der Waals surface area contributed by atoms with Crippen molar-refractivity contribution in [3.05, 3.63) is 0 Å². The van der Waals surface area contributed by atoms with E-state index in [1.807, 2.05) is 21.1 Å². The number of hydrogen-bond donors (Lipinski definition) is 4. The molecule has 0 aliphatic carbocycles. The highest BCUT2D eigenvalue weighted by atomic mass is 28.2. The Morgan fingerprint density at radius 2 is 1.33 bits per heavy atom. The van der Waals surface area contributed by atoms with Gasteiger partial charge in [-0.3, -0.25) is 16.0 Å². The molecule has 0 fully saturated rings. The zero-order chi connectivity index (χ0) is 7.33. The SMILES string of the molecule is CNC(NC)(NC)N[SiH3]. The molecule has 0 aliphatic rings. The second-order valence-electron chi connectivity index (χ2n) is 1.75. The highest BCUT2D eigenvalue weighted by molar-refractivity contribution is 6.04. The van der Waals surface area contributed by atoms with Gasteiger partial charge in [0.2, 0.25) is 0 Å². The number of nitrogens with one attached hydrogen (secondary N) is 4. The molecular weight excluding hydrogens is 132 g/mol. The molecule has 0 bridgehead atoms. The summed E-state index contributed by atoms with van der Waals surface area (Å²) in [6, 6.07) is 0. The fraction of sp³-hybridized carbons (Fsp3) is 1.00. The van der Waals surface area contributed by atoms with E-state index < -0.39 is 0 Å². The van der Waals surface area contributed by atoms with Gasteiger partial charge >= 0.3 is 0 Å². The van der Waals surface area contributed by atoms with Crippen molar-refractivity contribution in [2.75, 3.05) is 21.1 Å². The van der Waals surface area contributed by atoms with Crippen molar-refractivity contribution in [1.29, 1.82) is 0 Å². The molecule has 4 N–H and O–H groups in total. The van der Waals surface area contributed by atoms with Crippen LogP contribution in [-0.2, 0) is 0 Å². The molecule has 0 amide bonds. The van der Waals surface area contributed by atoms with Crippen LogP contribution in [0, 0.1) is 0 Å². The average Bonchev–Trinajstić information content (AvgIpc) is 1.95. The van der Waals surface area contributed by atoms with Crippen molar-refractivity contribution >= 4 is 10.4 Å². The van der Waals surface area contributed by atoms with Crippen molar-refractivity contribution in [3.8, 4) is 0 Å². The van der Waals surface area contributed by atoms with E-state index in [4.69, 9.17) is 0 Å². The van der Waals surface area contributed by atoms with Crippen molar-refractivity contribution in [1.82, 2.24) is 20.9 Å². The first-order valence-corrected chi connectivity index (χ1v) is 4.00. The Bertz CT molecular complexity index is 55.5. The first-order chi connectivity index (χ1) is 4.24. The third-order valence-corrected chi connectivity index (χ3v) is 2.25. The summed E-state index contributed by atoms with van der Waals surface area (Å²) in [4.78, 5) is 3.17. The molecule has 0 rings (SSSR count). The zero-order valence-corrected chi connectivity index (χ0v) is 8.50. The van der Waals surface area contributed by atoms with Crippen molar-refractivity contribution in [3.63, 3.8) is 0 Å². The molecule has 0 saturated heterocycles. The van der Waals surface area contributed by atoms with E-state index in [0.29, 0.717) is 0 Å². The van der Waals surface area contributed by atoms with Crippen LogP contribution < -0.4 is 20.9 Å². The molecular formula is C4H16N4Si. The van der Waals surface area contributed by atoms with E-state index in [-0.39, 0.29) is 5.91 Å². The highest BCUT2D eigenvalue weighted by Gasteiger charge is 2.18. The Morgan fingerprint density at radius 3 is 1.33 bits per heavy atom. The summed E-state index contributed by atoms with van der Waals surface area (Å²) in [5.74, 6) is -0.272. The fourth-order valence-corrected chi connectivity index (χ4v) is 1.50. The standard InChI is InChI=1S/C4H16N4Si/c1-5-4(6-2,7-3)8-9/h5-8H,1-3,9H3. The van der Waals surface area contributed by atoms with Gasteiger partial charge in [0.05, 0.1) is 10.4 Å². The lowest BCUT2D eigenvalue weighted by molar-refractivity contribution is 0.229. The number of hydrogen-bond acceptors (Lipinski definition) is 4. The Kier molecular flexibility index (Phi) is 3.99. The van der Waals surface area contributed by atoms with Gasteiger partial charge < -0.3 is 4.98 Å². The first kappa shape index (κ1) is 9.06. The lowest BCUT2D eigenvalue weighted by atomic mass is 10.6. The van der Waals surface area contributed by atoms with E-state index in [2.05, 4.69) is 20.9 Å². The van der Waals surface area contributed by atoms with E-state index >= 15 is 0 Å². The van der Waals surface area contributed by atoms with Gasteiger partial charge in [-0.2, -0.15) is 0 Å². The molecule has 4 nitrogen and oxygen atoms in total. The maximum Gasteiger partial charge on any atom is 0.174 e. The van der Waals surface area contributed by atoms with Crippen LogP contribution in [0.25, 0.3) is 0 Å². The molecule has 0 aromatic carbocycles. The van der Waals surface area contributed by atoms with Gasteiger partial charge in [-0.05, 0) is 21.1 Å². The fourth-order valence-electron chi connectivity index (χ4n) is 0.750. The monoisotopic (exact) mass is 148 g/mol. The van der Waals surface area contributed by atoms with E-state index in [1.54, 1.807) is 0 Å². The van der Waals surface area contributed by atoms with Crippen molar-refractivity contribution < 1.29 is 0 Å². The minimum Gasteiger partial charge on any atom is -0.304 e. The molecule has 0 atom stereocenters. The maximum absolute atomic E-state index is 3.17. The summed E-state index contributed by atoms with van der Waals surface area (Å²) in [6.45, 7) is 0. The molecule has 9 heavy (non-hydrogen) atoms. The molecule has 56 valence electrons. The summed E-state index contributed by atoms with van der Waals surface area (Å²) in [5.41, 5.74) is 0. The van der Waals surface area contributed by atoms with Crippen LogP contribution in [0.2, 0.25) is 0 Å². The van der Waals surface area contributed by atoms with Gasteiger partial charge in [0.25, 0.3) is 0 Å². The van der Waals surface area contributed by atoms with E-state index in [0.717, 1.165) is 10.4 Å². The Morgan fingerprint density at radius 1 is 1.00 bits per heavy atom. The lowest BCUT2D eigenvalue weighted by Gasteiger charge is -2.32. The Labute approximate surface area is 59.3 Å². The van der Waals surface area contributed by atoms with Gasteiger partial charge in [0.1, 0.15) is 0 Å². The summed E-state index contributed by atoms with van der Waals surface area (Å²) in [6.07, 6.45) is 0. The molecule has 0 aliphatic heterocycles. The normalized spacial score (nSPS) is 12.3. The van der Waals surface area contributed by atoms with Gasteiger partial charge in [-0.1, -0.05) is 0 Å². The van der Waals surface area contributed by atoms with Crippen LogP contribution >= 0.6 is 0 Å². The molecule has 0 heterocycles. The molecule has 0 radical (unpaired) electrons. The molecule has 0 spiro atoms. The largest absolute Gasteiger partial charge is 0.304 e. The smallest absolute Gasteiger partial charge is 0.174 e. The molecule has 5 heteroatoms. The van der Waals surface area contributed by atoms with E-state index in [9.17, 15) is 0 Å². The highest BCUT2D eigenvalue weighted by Crippen LogP contribution is 1.79. The maximum atomic E-state index is 3.17. The van der Waals surface area contributed by atoms with Crippen LogP contribution in [0.15, 0.2) is 0 Å². The third kappa shape index (κ3) is 2.03. The number of rotatable bonds is 4. The molecule has 0 aromatic rings.